The van der Waals surface area contributed by atoms with Crippen molar-refractivity contribution in [3.63, 3.8) is 0 Å². The fraction of sp³-hybridized carbons (Fsp3) is 0.444. The van der Waals surface area contributed by atoms with Crippen molar-refractivity contribution in [2.24, 2.45) is 5.92 Å². The zero-order valence-electron chi connectivity index (χ0n) is 6.75. The van der Waals surface area contributed by atoms with Gasteiger partial charge in [-0.15, -0.1) is 6.58 Å². The molecule has 0 aliphatic heterocycles. The molecule has 0 aromatic rings. The lowest BCUT2D eigenvalue weighted by molar-refractivity contribution is -0.306. The van der Waals surface area contributed by atoms with E-state index in [-0.39, 0.29) is 12.3 Å². The van der Waals surface area contributed by atoms with Crippen LogP contribution in [0.3, 0.4) is 0 Å². The highest BCUT2D eigenvalue weighted by Crippen LogP contribution is 2.02. The second-order valence-corrected chi connectivity index (χ2v) is 2.51. The van der Waals surface area contributed by atoms with E-state index in [9.17, 15) is 9.90 Å². The minimum absolute atomic E-state index is 0.0555. The lowest BCUT2D eigenvalue weighted by atomic mass is 10.1. The molecule has 0 N–H and O–H groups in total. The number of carboxylic acid groups (broad SMARTS) is 1. The SMILES string of the molecule is C=CC/C=C/C(C)CC(=O)[O-]. The molecule has 0 aromatic carbocycles. The average Bonchev–Trinajstić information content (AvgIpc) is 1.86. The van der Waals surface area contributed by atoms with Crippen LogP contribution in [0.1, 0.15) is 19.8 Å². The summed E-state index contributed by atoms with van der Waals surface area (Å²) in [5.41, 5.74) is 0. The number of carbonyl (C=O) groups is 1. The third-order valence-corrected chi connectivity index (χ3v) is 1.26. The first-order chi connectivity index (χ1) is 5.16. The first kappa shape index (κ1) is 9.95. The van der Waals surface area contributed by atoms with E-state index in [0.29, 0.717) is 0 Å². The summed E-state index contributed by atoms with van der Waals surface area (Å²) in [7, 11) is 0. The Morgan fingerprint density at radius 3 is 2.82 bits per heavy atom. The van der Waals surface area contributed by atoms with E-state index >= 15 is 0 Å². The lowest BCUT2D eigenvalue weighted by Crippen LogP contribution is -2.23. The molecule has 0 heterocycles. The first-order valence-electron chi connectivity index (χ1n) is 3.64. The number of hydrogen-bond donors (Lipinski definition) is 0. The van der Waals surface area contributed by atoms with Crippen LogP contribution in [0.2, 0.25) is 0 Å². The Bertz CT molecular complexity index is 159. The first-order valence-corrected chi connectivity index (χ1v) is 3.64. The van der Waals surface area contributed by atoms with Gasteiger partial charge in [-0.05, 0) is 18.8 Å². The molecule has 0 bridgehead atoms. The van der Waals surface area contributed by atoms with Crippen LogP contribution in [-0.2, 0) is 4.79 Å². The topological polar surface area (TPSA) is 40.1 Å². The molecule has 0 aliphatic carbocycles. The van der Waals surface area contributed by atoms with E-state index < -0.39 is 5.97 Å². The molecule has 0 saturated heterocycles. The van der Waals surface area contributed by atoms with Gasteiger partial charge in [-0.3, -0.25) is 0 Å². The predicted octanol–water partition coefficient (Wildman–Crippen LogP) is 0.895. The van der Waals surface area contributed by atoms with E-state index in [1.165, 1.54) is 0 Å². The molecular weight excluding hydrogens is 140 g/mol. The van der Waals surface area contributed by atoms with Crippen LogP contribution in [0.25, 0.3) is 0 Å². The van der Waals surface area contributed by atoms with Gasteiger partial charge in [0.1, 0.15) is 0 Å². The molecular formula is C9H13O2-. The van der Waals surface area contributed by atoms with Crippen LogP contribution in [-0.4, -0.2) is 5.97 Å². The van der Waals surface area contributed by atoms with Gasteiger partial charge in [0.05, 0.1) is 0 Å². The molecule has 0 aliphatic rings. The van der Waals surface area contributed by atoms with Crippen LogP contribution in [0, 0.1) is 5.92 Å². The summed E-state index contributed by atoms with van der Waals surface area (Å²) in [6, 6.07) is 0. The maximum absolute atomic E-state index is 10.1. The maximum Gasteiger partial charge on any atom is 0.0420 e. The van der Waals surface area contributed by atoms with E-state index in [4.69, 9.17) is 0 Å². The van der Waals surface area contributed by atoms with E-state index in [1.54, 1.807) is 6.08 Å². The van der Waals surface area contributed by atoms with E-state index in [0.717, 1.165) is 6.42 Å². The highest BCUT2D eigenvalue weighted by Gasteiger charge is 1.94. The summed E-state index contributed by atoms with van der Waals surface area (Å²) in [6.07, 6.45) is 6.41. The largest absolute Gasteiger partial charge is 0.550 e. The van der Waals surface area contributed by atoms with Crippen molar-refractivity contribution < 1.29 is 9.90 Å². The molecule has 1 unspecified atom stereocenters. The van der Waals surface area contributed by atoms with Gasteiger partial charge in [0.15, 0.2) is 0 Å². The molecule has 0 rings (SSSR count). The molecule has 2 nitrogen and oxygen atoms in total. The molecule has 11 heavy (non-hydrogen) atoms. The molecule has 0 aromatic heterocycles. The highest BCUT2D eigenvalue weighted by atomic mass is 16.4. The Morgan fingerprint density at radius 2 is 2.36 bits per heavy atom. The normalized spacial score (nSPS) is 13.2. The van der Waals surface area contributed by atoms with Crippen LogP contribution in [0.4, 0.5) is 0 Å². The van der Waals surface area contributed by atoms with Crippen molar-refractivity contribution in [1.82, 2.24) is 0 Å². The number of carbonyl (C=O) groups excluding carboxylic acids is 1. The number of carboxylic acids is 1. The lowest BCUT2D eigenvalue weighted by Gasteiger charge is -2.05. The van der Waals surface area contributed by atoms with E-state index in [1.807, 2.05) is 19.1 Å². The van der Waals surface area contributed by atoms with Crippen molar-refractivity contribution in [2.45, 2.75) is 19.8 Å². The number of rotatable bonds is 5. The zero-order chi connectivity index (χ0) is 8.69. The molecule has 0 fully saturated rings. The summed E-state index contributed by atoms with van der Waals surface area (Å²) < 4.78 is 0. The van der Waals surface area contributed by atoms with Crippen molar-refractivity contribution in [2.75, 3.05) is 0 Å². The molecule has 0 amide bonds. The van der Waals surface area contributed by atoms with Crippen LogP contribution < -0.4 is 5.11 Å². The number of aliphatic carboxylic acids is 1. The van der Waals surface area contributed by atoms with Gasteiger partial charge in [-0.1, -0.05) is 25.2 Å². The Morgan fingerprint density at radius 1 is 1.73 bits per heavy atom. The predicted molar refractivity (Wildman–Crippen MR) is 42.7 cm³/mol. The summed E-state index contributed by atoms with van der Waals surface area (Å²) >= 11 is 0. The standard InChI is InChI=1S/C9H14O2/c1-3-4-5-6-8(2)7-9(10)11/h3,5-6,8H,1,4,7H2,2H3,(H,10,11)/p-1/b6-5+. The zero-order valence-corrected chi connectivity index (χ0v) is 6.75. The minimum Gasteiger partial charge on any atom is -0.550 e. The third-order valence-electron chi connectivity index (χ3n) is 1.26. The highest BCUT2D eigenvalue weighted by molar-refractivity contribution is 5.64. The summed E-state index contributed by atoms with van der Waals surface area (Å²) in [6.45, 7) is 5.38. The number of hydrogen-bond acceptors (Lipinski definition) is 2. The fourth-order valence-corrected chi connectivity index (χ4v) is 0.738. The van der Waals surface area contributed by atoms with Gasteiger partial charge in [0.2, 0.25) is 0 Å². The van der Waals surface area contributed by atoms with Gasteiger partial charge in [0, 0.05) is 5.97 Å². The summed E-state index contributed by atoms with van der Waals surface area (Å²) in [5.74, 6) is -0.944. The summed E-state index contributed by atoms with van der Waals surface area (Å²) in [4.78, 5) is 10.1. The average molecular weight is 153 g/mol. The molecule has 0 radical (unpaired) electrons. The van der Waals surface area contributed by atoms with Crippen molar-refractivity contribution in [1.29, 1.82) is 0 Å². The molecule has 0 spiro atoms. The Labute approximate surface area is 67.2 Å². The summed E-state index contributed by atoms with van der Waals surface area (Å²) in [5, 5.41) is 10.1. The van der Waals surface area contributed by atoms with Gasteiger partial charge in [0.25, 0.3) is 0 Å². The number of allylic oxidation sites excluding steroid dienone is 3. The second kappa shape index (κ2) is 5.71. The molecule has 2 heteroatoms. The van der Waals surface area contributed by atoms with Crippen LogP contribution >= 0.6 is 0 Å². The third kappa shape index (κ3) is 6.84. The van der Waals surface area contributed by atoms with E-state index in [2.05, 4.69) is 6.58 Å². The maximum atomic E-state index is 10.1. The van der Waals surface area contributed by atoms with Crippen LogP contribution in [0.5, 0.6) is 0 Å². The monoisotopic (exact) mass is 153 g/mol. The van der Waals surface area contributed by atoms with Crippen LogP contribution in [0.15, 0.2) is 24.8 Å². The fourth-order valence-electron chi connectivity index (χ4n) is 0.738. The Balaban J connectivity index is 3.58. The molecule has 0 saturated carbocycles. The van der Waals surface area contributed by atoms with Crippen molar-refractivity contribution >= 4 is 5.97 Å². The molecule has 62 valence electrons. The van der Waals surface area contributed by atoms with Gasteiger partial charge >= 0.3 is 0 Å². The van der Waals surface area contributed by atoms with Gasteiger partial charge in [-0.25, -0.2) is 0 Å². The quantitative estimate of drug-likeness (QED) is 0.550. The van der Waals surface area contributed by atoms with Gasteiger partial charge < -0.3 is 9.90 Å². The second-order valence-electron chi connectivity index (χ2n) is 2.51. The molecule has 1 atom stereocenters. The smallest absolute Gasteiger partial charge is 0.0420 e. The Hall–Kier alpha value is -1.05. The van der Waals surface area contributed by atoms with Crippen molar-refractivity contribution in [3.8, 4) is 0 Å². The minimum atomic E-state index is -0.999. The van der Waals surface area contributed by atoms with Crippen molar-refractivity contribution in [3.05, 3.63) is 24.8 Å². The Kier molecular flexibility index (Phi) is 5.17. The van der Waals surface area contributed by atoms with Gasteiger partial charge in [-0.2, -0.15) is 0 Å².